The summed E-state index contributed by atoms with van der Waals surface area (Å²) in [6.45, 7) is 2.20. The van der Waals surface area contributed by atoms with Crippen LogP contribution in [0.2, 0.25) is 0 Å². The first-order chi connectivity index (χ1) is 6.70. The number of methoxy groups -OCH3 is 1. The lowest BCUT2D eigenvalue weighted by molar-refractivity contribution is -0.0493. The van der Waals surface area contributed by atoms with Gasteiger partial charge in [-0.3, -0.25) is 0 Å². The quantitative estimate of drug-likeness (QED) is 0.691. The third-order valence-electron chi connectivity index (χ3n) is 3.44. The van der Waals surface area contributed by atoms with E-state index in [2.05, 4.69) is 6.92 Å². The van der Waals surface area contributed by atoms with E-state index in [0.717, 1.165) is 32.1 Å². The minimum Gasteiger partial charge on any atom is -0.390 e. The van der Waals surface area contributed by atoms with Gasteiger partial charge in [0.15, 0.2) is 0 Å². The molecule has 0 atom stereocenters. The lowest BCUT2D eigenvalue weighted by Crippen LogP contribution is -2.36. The topological polar surface area (TPSA) is 29.5 Å². The minimum atomic E-state index is -0.371. The van der Waals surface area contributed by atoms with Gasteiger partial charge in [0.25, 0.3) is 0 Å². The number of unbranched alkanes of at least 4 members (excludes halogenated alkanes) is 2. The zero-order valence-electron chi connectivity index (χ0n) is 9.59. The second-order valence-corrected chi connectivity index (χ2v) is 4.62. The van der Waals surface area contributed by atoms with Crippen molar-refractivity contribution in [2.24, 2.45) is 0 Å². The Morgan fingerprint density at radius 3 is 2.43 bits per heavy atom. The van der Waals surface area contributed by atoms with Gasteiger partial charge >= 0.3 is 0 Å². The van der Waals surface area contributed by atoms with Gasteiger partial charge in [0.05, 0.1) is 11.7 Å². The Labute approximate surface area is 87.7 Å². The van der Waals surface area contributed by atoms with Crippen LogP contribution in [0.25, 0.3) is 0 Å². The highest BCUT2D eigenvalue weighted by Crippen LogP contribution is 2.33. The molecule has 0 radical (unpaired) electrons. The fraction of sp³-hybridized carbons (Fsp3) is 1.00. The van der Waals surface area contributed by atoms with Gasteiger partial charge in [-0.05, 0) is 32.1 Å². The van der Waals surface area contributed by atoms with Gasteiger partial charge in [-0.2, -0.15) is 0 Å². The molecule has 0 heterocycles. The Hall–Kier alpha value is -0.0800. The first-order valence-electron chi connectivity index (χ1n) is 5.95. The highest BCUT2D eigenvalue weighted by Gasteiger charge is 2.32. The van der Waals surface area contributed by atoms with Crippen LogP contribution in [0.5, 0.6) is 0 Å². The third kappa shape index (κ3) is 3.58. The van der Waals surface area contributed by atoms with Crippen molar-refractivity contribution in [3.63, 3.8) is 0 Å². The summed E-state index contributed by atoms with van der Waals surface area (Å²) in [5.41, 5.74) is -0.371. The molecule has 0 bridgehead atoms. The van der Waals surface area contributed by atoms with Crippen molar-refractivity contribution in [3.8, 4) is 0 Å². The van der Waals surface area contributed by atoms with E-state index in [1.807, 2.05) is 0 Å². The molecule has 0 aromatic heterocycles. The zero-order chi connectivity index (χ0) is 10.4. The summed E-state index contributed by atoms with van der Waals surface area (Å²) in [7, 11) is 1.77. The molecule has 0 aliphatic heterocycles. The number of hydrogen-bond donors (Lipinski definition) is 1. The molecule has 1 N–H and O–H groups in total. The molecule has 0 unspecified atom stereocenters. The standard InChI is InChI=1S/C12H24O2/c1-3-4-5-8-12(13)9-6-11(14-2)7-10-12/h11,13H,3-10H2,1-2H3. The van der Waals surface area contributed by atoms with Gasteiger partial charge in [-0.25, -0.2) is 0 Å². The molecule has 1 fully saturated rings. The van der Waals surface area contributed by atoms with E-state index < -0.39 is 0 Å². The van der Waals surface area contributed by atoms with Crippen LogP contribution in [-0.4, -0.2) is 23.9 Å². The Balaban J connectivity index is 2.23. The van der Waals surface area contributed by atoms with Crippen LogP contribution >= 0.6 is 0 Å². The molecule has 0 aromatic carbocycles. The minimum absolute atomic E-state index is 0.371. The second kappa shape index (κ2) is 5.72. The molecule has 0 spiro atoms. The molecule has 2 nitrogen and oxygen atoms in total. The van der Waals surface area contributed by atoms with Crippen molar-refractivity contribution in [1.82, 2.24) is 0 Å². The Kier molecular flexibility index (Phi) is 4.90. The normalized spacial score (nSPS) is 33.2. The highest BCUT2D eigenvalue weighted by molar-refractivity contribution is 4.85. The molecule has 1 aliphatic carbocycles. The smallest absolute Gasteiger partial charge is 0.0649 e. The molecule has 1 rings (SSSR count). The monoisotopic (exact) mass is 200 g/mol. The largest absolute Gasteiger partial charge is 0.390 e. The molecule has 2 heteroatoms. The maximum absolute atomic E-state index is 10.3. The molecule has 0 aromatic rings. The van der Waals surface area contributed by atoms with Gasteiger partial charge in [-0.1, -0.05) is 26.2 Å². The summed E-state index contributed by atoms with van der Waals surface area (Å²) in [5.74, 6) is 0. The predicted octanol–water partition coefficient (Wildman–Crippen LogP) is 2.89. The summed E-state index contributed by atoms with van der Waals surface area (Å²) in [4.78, 5) is 0. The van der Waals surface area contributed by atoms with E-state index in [0.29, 0.717) is 6.10 Å². The number of rotatable bonds is 5. The predicted molar refractivity (Wildman–Crippen MR) is 58.4 cm³/mol. The summed E-state index contributed by atoms with van der Waals surface area (Å²) >= 11 is 0. The molecular weight excluding hydrogens is 176 g/mol. The Bertz CT molecular complexity index is 143. The van der Waals surface area contributed by atoms with Crippen molar-refractivity contribution >= 4 is 0 Å². The van der Waals surface area contributed by atoms with Crippen molar-refractivity contribution in [2.45, 2.75) is 70.0 Å². The maximum Gasteiger partial charge on any atom is 0.0649 e. The van der Waals surface area contributed by atoms with Gasteiger partial charge < -0.3 is 9.84 Å². The number of hydrogen-bond acceptors (Lipinski definition) is 2. The SMILES string of the molecule is CCCCCC1(O)CCC(OC)CC1. The summed E-state index contributed by atoms with van der Waals surface area (Å²) in [5, 5.41) is 10.3. The van der Waals surface area contributed by atoms with Gasteiger partial charge in [0.2, 0.25) is 0 Å². The van der Waals surface area contributed by atoms with E-state index in [1.54, 1.807) is 7.11 Å². The van der Waals surface area contributed by atoms with E-state index in [-0.39, 0.29) is 5.60 Å². The van der Waals surface area contributed by atoms with E-state index in [4.69, 9.17) is 4.74 Å². The Morgan fingerprint density at radius 1 is 1.29 bits per heavy atom. The first-order valence-corrected chi connectivity index (χ1v) is 5.95. The molecule has 1 saturated carbocycles. The Morgan fingerprint density at radius 2 is 1.93 bits per heavy atom. The van der Waals surface area contributed by atoms with Crippen LogP contribution in [-0.2, 0) is 4.74 Å². The lowest BCUT2D eigenvalue weighted by atomic mass is 9.80. The fourth-order valence-electron chi connectivity index (χ4n) is 2.32. The van der Waals surface area contributed by atoms with Gasteiger partial charge in [-0.15, -0.1) is 0 Å². The summed E-state index contributed by atoms with van der Waals surface area (Å²) in [6, 6.07) is 0. The number of aliphatic hydroxyl groups is 1. The van der Waals surface area contributed by atoms with Gasteiger partial charge in [0, 0.05) is 7.11 Å². The number of ether oxygens (including phenoxy) is 1. The van der Waals surface area contributed by atoms with Crippen LogP contribution in [0.1, 0.15) is 58.3 Å². The third-order valence-corrected chi connectivity index (χ3v) is 3.44. The van der Waals surface area contributed by atoms with Crippen LogP contribution in [0, 0.1) is 0 Å². The van der Waals surface area contributed by atoms with E-state index >= 15 is 0 Å². The maximum atomic E-state index is 10.3. The van der Waals surface area contributed by atoms with E-state index in [1.165, 1.54) is 19.3 Å². The molecule has 14 heavy (non-hydrogen) atoms. The fourth-order valence-corrected chi connectivity index (χ4v) is 2.32. The second-order valence-electron chi connectivity index (χ2n) is 4.62. The molecule has 0 saturated heterocycles. The van der Waals surface area contributed by atoms with Crippen LogP contribution in [0.4, 0.5) is 0 Å². The van der Waals surface area contributed by atoms with Crippen molar-refractivity contribution in [3.05, 3.63) is 0 Å². The zero-order valence-corrected chi connectivity index (χ0v) is 9.59. The average molecular weight is 200 g/mol. The van der Waals surface area contributed by atoms with Gasteiger partial charge in [0.1, 0.15) is 0 Å². The van der Waals surface area contributed by atoms with E-state index in [9.17, 15) is 5.11 Å². The average Bonchev–Trinajstić information content (AvgIpc) is 2.19. The van der Waals surface area contributed by atoms with Crippen LogP contribution in [0.3, 0.4) is 0 Å². The summed E-state index contributed by atoms with van der Waals surface area (Å²) < 4.78 is 5.30. The van der Waals surface area contributed by atoms with Crippen molar-refractivity contribution in [2.75, 3.05) is 7.11 Å². The molecular formula is C12H24O2. The molecule has 84 valence electrons. The lowest BCUT2D eigenvalue weighted by Gasteiger charge is -2.35. The summed E-state index contributed by atoms with van der Waals surface area (Å²) in [6.07, 6.45) is 8.93. The first kappa shape index (κ1) is 12.0. The van der Waals surface area contributed by atoms with Crippen molar-refractivity contribution in [1.29, 1.82) is 0 Å². The van der Waals surface area contributed by atoms with Crippen molar-refractivity contribution < 1.29 is 9.84 Å². The van der Waals surface area contributed by atoms with Crippen LogP contribution < -0.4 is 0 Å². The molecule has 0 amide bonds. The molecule has 1 aliphatic rings. The highest BCUT2D eigenvalue weighted by atomic mass is 16.5. The van der Waals surface area contributed by atoms with Crippen LogP contribution in [0.15, 0.2) is 0 Å².